The van der Waals surface area contributed by atoms with Crippen LogP contribution < -0.4 is 20.7 Å². The molecule has 0 aliphatic carbocycles. The van der Waals surface area contributed by atoms with E-state index in [4.69, 9.17) is 32.8 Å². The number of nitrogens with one attached hydrogen (secondary N) is 1. The van der Waals surface area contributed by atoms with E-state index in [1.807, 2.05) is 0 Å². The summed E-state index contributed by atoms with van der Waals surface area (Å²) in [6.07, 6.45) is 0. The fourth-order valence-corrected chi connectivity index (χ4v) is 4.05. The van der Waals surface area contributed by atoms with Crippen LogP contribution in [0.3, 0.4) is 0 Å². The Bertz CT molecular complexity index is 1040. The molecule has 0 fully saturated rings. The monoisotopic (exact) mass is 424 g/mol. The second-order valence-corrected chi connectivity index (χ2v) is 7.64. The smallest absolute Gasteiger partial charge is 0.266 e. The summed E-state index contributed by atoms with van der Waals surface area (Å²) in [5.74, 6) is 5.40. The third-order valence-electron chi connectivity index (χ3n) is 3.80. The van der Waals surface area contributed by atoms with Crippen LogP contribution in [0.1, 0.15) is 11.1 Å². The van der Waals surface area contributed by atoms with Crippen molar-refractivity contribution in [2.75, 3.05) is 14.2 Å². The van der Waals surface area contributed by atoms with Gasteiger partial charge in [0.05, 0.1) is 31.2 Å². The molecule has 2 aromatic rings. The Morgan fingerprint density at radius 3 is 2.57 bits per heavy atom. The maximum atomic E-state index is 13.6. The molecule has 11 heteroatoms. The fraction of sp³-hybridized carbons (Fsp3) is 0.176. The minimum Gasteiger partial charge on any atom is -0.497 e. The number of rotatable bonds is 6. The van der Waals surface area contributed by atoms with Gasteiger partial charge in [-0.1, -0.05) is 0 Å². The zero-order chi connectivity index (χ0) is 20.9. The minimum atomic E-state index is -4.26. The summed E-state index contributed by atoms with van der Waals surface area (Å²) in [5.41, 5.74) is 2.21. The first-order valence-electron chi connectivity index (χ1n) is 7.72. The summed E-state index contributed by atoms with van der Waals surface area (Å²) in [5, 5.41) is 8.68. The van der Waals surface area contributed by atoms with Crippen LogP contribution in [0.5, 0.6) is 11.5 Å². The molecule has 0 bridgehead atoms. The number of hydrogen-bond donors (Lipinski definition) is 2. The number of sulfonamides is 1. The van der Waals surface area contributed by atoms with Crippen LogP contribution in [0.4, 0.5) is 4.39 Å². The van der Waals surface area contributed by atoms with Crippen LogP contribution in [0.25, 0.3) is 0 Å². The number of nitrogens with two attached hydrogens (primary N) is 1. The first-order valence-corrected chi connectivity index (χ1v) is 9.57. The van der Waals surface area contributed by atoms with Gasteiger partial charge in [0.25, 0.3) is 10.0 Å². The third-order valence-corrected chi connectivity index (χ3v) is 6.00. The molecule has 0 radical (unpaired) electrons. The molecule has 3 N–H and O–H groups in total. The molecule has 0 amide bonds. The van der Waals surface area contributed by atoms with E-state index >= 15 is 0 Å². The molecule has 0 atom stereocenters. The van der Waals surface area contributed by atoms with Gasteiger partial charge in [-0.05, 0) is 42.5 Å². The van der Waals surface area contributed by atoms with E-state index < -0.39 is 21.4 Å². The number of methoxy groups -OCH3 is 2. The first kappa shape index (κ1) is 21.4. The fourth-order valence-electron chi connectivity index (χ4n) is 2.35. The van der Waals surface area contributed by atoms with Gasteiger partial charge < -0.3 is 9.47 Å². The maximum absolute atomic E-state index is 13.6. The summed E-state index contributed by atoms with van der Waals surface area (Å²) < 4.78 is 51.0. The van der Waals surface area contributed by atoms with Crippen LogP contribution in [0, 0.1) is 17.1 Å². The standard InChI is InChI=1S/C17H17FN4O4S2/c1-25-13-4-3-11(16(8-13)26-2)10-22(17(27)21-20)28(23,24)14-5-6-15(18)12(7-14)9-19/h3-8H,10,20H2,1-2H3,(H,21,27). The Labute approximate surface area is 167 Å². The molecule has 2 aromatic carbocycles. The van der Waals surface area contributed by atoms with E-state index in [0.717, 1.165) is 22.5 Å². The molecule has 0 saturated heterocycles. The second kappa shape index (κ2) is 8.83. The van der Waals surface area contributed by atoms with Crippen molar-refractivity contribution in [1.29, 1.82) is 5.26 Å². The van der Waals surface area contributed by atoms with E-state index in [1.54, 1.807) is 24.3 Å². The van der Waals surface area contributed by atoms with Gasteiger partial charge in [-0.15, -0.1) is 0 Å². The Morgan fingerprint density at radius 2 is 2.00 bits per heavy atom. The van der Waals surface area contributed by atoms with E-state index in [9.17, 15) is 12.8 Å². The Balaban J connectivity index is 2.53. The number of nitrogens with zero attached hydrogens (tertiary/aromatic N) is 2. The van der Waals surface area contributed by atoms with Crippen LogP contribution in [0.15, 0.2) is 41.3 Å². The van der Waals surface area contributed by atoms with Gasteiger partial charge in [-0.3, -0.25) is 5.43 Å². The average molecular weight is 424 g/mol. The van der Waals surface area contributed by atoms with Crippen LogP contribution >= 0.6 is 12.2 Å². The predicted molar refractivity (Wildman–Crippen MR) is 103 cm³/mol. The van der Waals surface area contributed by atoms with Gasteiger partial charge in [0, 0.05) is 11.6 Å². The maximum Gasteiger partial charge on any atom is 0.266 e. The summed E-state index contributed by atoms with van der Waals surface area (Å²) in [4.78, 5) is -0.310. The highest BCUT2D eigenvalue weighted by Gasteiger charge is 2.29. The zero-order valence-corrected chi connectivity index (χ0v) is 16.6. The lowest BCUT2D eigenvalue weighted by Crippen LogP contribution is -2.45. The summed E-state index contributed by atoms with van der Waals surface area (Å²) in [6, 6.07) is 9.32. The lowest BCUT2D eigenvalue weighted by atomic mass is 10.2. The van der Waals surface area contributed by atoms with E-state index in [-0.39, 0.29) is 16.6 Å². The minimum absolute atomic E-state index is 0.224. The van der Waals surface area contributed by atoms with Gasteiger partial charge in [0.1, 0.15) is 23.4 Å². The molecule has 0 unspecified atom stereocenters. The number of halogens is 1. The molecule has 2 rings (SSSR count). The SMILES string of the molecule is COc1ccc(CN(C(=S)NN)S(=O)(=O)c2ccc(F)c(C#N)c2)c(OC)c1. The second-order valence-electron chi connectivity index (χ2n) is 5.39. The van der Waals surface area contributed by atoms with Crippen molar-refractivity contribution in [2.45, 2.75) is 11.4 Å². The molecule has 28 heavy (non-hydrogen) atoms. The van der Waals surface area contributed by atoms with Gasteiger partial charge in [-0.2, -0.15) is 5.26 Å². The third kappa shape index (κ3) is 4.30. The van der Waals surface area contributed by atoms with Crippen LogP contribution in [-0.2, 0) is 16.6 Å². The molecule has 0 saturated carbocycles. The molecule has 0 aliphatic heterocycles. The molecule has 0 aromatic heterocycles. The van der Waals surface area contributed by atoms with Crippen LogP contribution in [0.2, 0.25) is 0 Å². The van der Waals surface area contributed by atoms with Gasteiger partial charge >= 0.3 is 0 Å². The molecule has 0 aliphatic rings. The highest BCUT2D eigenvalue weighted by molar-refractivity contribution is 7.91. The van der Waals surface area contributed by atoms with Gasteiger partial charge in [0.2, 0.25) is 0 Å². The highest BCUT2D eigenvalue weighted by atomic mass is 32.2. The molecular weight excluding hydrogens is 407 g/mol. The van der Waals surface area contributed by atoms with Crippen molar-refractivity contribution >= 4 is 27.4 Å². The van der Waals surface area contributed by atoms with Crippen molar-refractivity contribution < 1.29 is 22.3 Å². The molecule has 0 heterocycles. The van der Waals surface area contributed by atoms with Crippen molar-refractivity contribution in [3.8, 4) is 17.6 Å². The normalized spacial score (nSPS) is 10.7. The van der Waals surface area contributed by atoms with E-state index in [1.165, 1.54) is 14.2 Å². The Morgan fingerprint density at radius 1 is 1.29 bits per heavy atom. The quantitative estimate of drug-likeness (QED) is 0.408. The van der Waals surface area contributed by atoms with E-state index in [2.05, 4.69) is 5.43 Å². The molecule has 0 spiro atoms. The number of hydrogen-bond acceptors (Lipinski definition) is 7. The molecular formula is C17H17FN4O4S2. The van der Waals surface area contributed by atoms with Crippen molar-refractivity contribution in [2.24, 2.45) is 5.84 Å². The Kier molecular flexibility index (Phi) is 6.74. The predicted octanol–water partition coefficient (Wildman–Crippen LogP) is 1.65. The molecule has 148 valence electrons. The highest BCUT2D eigenvalue weighted by Crippen LogP contribution is 2.28. The van der Waals surface area contributed by atoms with Crippen molar-refractivity contribution in [1.82, 2.24) is 9.73 Å². The number of benzene rings is 2. The summed E-state index contributed by atoms with van der Waals surface area (Å²) in [7, 11) is -1.34. The largest absolute Gasteiger partial charge is 0.497 e. The Hall–Kier alpha value is -2.94. The topological polar surface area (TPSA) is 118 Å². The van der Waals surface area contributed by atoms with Gasteiger partial charge in [-0.25, -0.2) is 23.0 Å². The number of thiocarbonyl (C=S) groups is 1. The summed E-state index contributed by atoms with van der Waals surface area (Å²) >= 11 is 5.05. The number of ether oxygens (including phenoxy) is 2. The van der Waals surface area contributed by atoms with Crippen LogP contribution in [-0.4, -0.2) is 32.1 Å². The first-order chi connectivity index (χ1) is 13.3. The number of hydrazine groups is 1. The zero-order valence-electron chi connectivity index (χ0n) is 15.0. The summed E-state index contributed by atoms with van der Waals surface area (Å²) in [6.45, 7) is -0.224. The van der Waals surface area contributed by atoms with Gasteiger partial charge in [0.15, 0.2) is 5.11 Å². The van der Waals surface area contributed by atoms with Crippen molar-refractivity contribution in [3.63, 3.8) is 0 Å². The molecule has 8 nitrogen and oxygen atoms in total. The average Bonchev–Trinajstić information content (AvgIpc) is 2.71. The lowest BCUT2D eigenvalue weighted by Gasteiger charge is -2.25. The lowest BCUT2D eigenvalue weighted by molar-refractivity contribution is 0.388. The number of nitriles is 1. The van der Waals surface area contributed by atoms with E-state index in [0.29, 0.717) is 17.1 Å². The van der Waals surface area contributed by atoms with Crippen molar-refractivity contribution in [3.05, 3.63) is 53.3 Å².